The van der Waals surface area contributed by atoms with Crippen molar-refractivity contribution in [2.24, 2.45) is 0 Å². The Morgan fingerprint density at radius 2 is 1.10 bits per heavy atom. The van der Waals surface area contributed by atoms with Gasteiger partial charge >= 0.3 is 0 Å². The monoisotopic (exact) mass is 404 g/mol. The molecule has 1 aromatic rings. The highest BCUT2D eigenvalue weighted by Crippen LogP contribution is 2.25. The van der Waals surface area contributed by atoms with Crippen LogP contribution in [0.25, 0.3) is 0 Å². The zero-order valence-corrected chi connectivity index (χ0v) is 20.4. The summed E-state index contributed by atoms with van der Waals surface area (Å²) in [6, 6.07) is 0.591. The highest BCUT2D eigenvalue weighted by molar-refractivity contribution is 5.00. The van der Waals surface area contributed by atoms with Crippen molar-refractivity contribution in [3.8, 4) is 0 Å². The standard InChI is InChI=1S/C27H52N2/c1-5-7-9-11-12-13-14-15-16-17-18-19-21-25(3)27-28-23-24-29(27)26(4)22-20-10-8-6-2/h23-26H,5-22H2,1-4H3. The van der Waals surface area contributed by atoms with Gasteiger partial charge < -0.3 is 4.57 Å². The fourth-order valence-corrected chi connectivity index (χ4v) is 4.51. The molecule has 1 rings (SSSR count). The highest BCUT2D eigenvalue weighted by atomic mass is 15.1. The van der Waals surface area contributed by atoms with Crippen molar-refractivity contribution in [1.29, 1.82) is 0 Å². The first-order chi connectivity index (χ1) is 14.2. The maximum atomic E-state index is 4.72. The predicted molar refractivity (Wildman–Crippen MR) is 130 cm³/mol. The molecule has 1 aromatic heterocycles. The van der Waals surface area contributed by atoms with Gasteiger partial charge in [0.15, 0.2) is 0 Å². The molecule has 0 saturated carbocycles. The normalized spacial score (nSPS) is 13.7. The fraction of sp³-hybridized carbons (Fsp3) is 0.889. The van der Waals surface area contributed by atoms with Gasteiger partial charge in [-0.05, 0) is 19.8 Å². The summed E-state index contributed by atoms with van der Waals surface area (Å²) < 4.78 is 2.46. The average molecular weight is 405 g/mol. The Hall–Kier alpha value is -0.790. The van der Waals surface area contributed by atoms with Crippen molar-refractivity contribution >= 4 is 0 Å². The molecule has 0 bridgehead atoms. The zero-order chi connectivity index (χ0) is 21.2. The van der Waals surface area contributed by atoms with Crippen molar-refractivity contribution < 1.29 is 0 Å². The van der Waals surface area contributed by atoms with Gasteiger partial charge in [0.1, 0.15) is 5.82 Å². The van der Waals surface area contributed by atoms with Gasteiger partial charge in [-0.2, -0.15) is 0 Å². The van der Waals surface area contributed by atoms with E-state index in [0.717, 1.165) is 0 Å². The third-order valence-corrected chi connectivity index (χ3v) is 6.58. The molecule has 0 saturated heterocycles. The Morgan fingerprint density at radius 3 is 1.66 bits per heavy atom. The van der Waals surface area contributed by atoms with Crippen LogP contribution in [0.5, 0.6) is 0 Å². The van der Waals surface area contributed by atoms with Gasteiger partial charge in [0.2, 0.25) is 0 Å². The van der Waals surface area contributed by atoms with Crippen LogP contribution in [-0.2, 0) is 0 Å². The van der Waals surface area contributed by atoms with Crippen molar-refractivity contribution in [2.45, 2.75) is 155 Å². The van der Waals surface area contributed by atoms with Crippen LogP contribution in [0.4, 0.5) is 0 Å². The summed E-state index contributed by atoms with van der Waals surface area (Å²) >= 11 is 0. The van der Waals surface area contributed by atoms with Gasteiger partial charge in [0, 0.05) is 24.4 Å². The Kier molecular flexibility index (Phi) is 16.3. The van der Waals surface area contributed by atoms with E-state index in [1.54, 1.807) is 0 Å². The molecule has 0 spiro atoms. The summed E-state index contributed by atoms with van der Waals surface area (Å²) in [5.41, 5.74) is 0. The minimum Gasteiger partial charge on any atom is -0.332 e. The predicted octanol–water partition coefficient (Wildman–Crippen LogP) is 9.61. The molecule has 170 valence electrons. The lowest BCUT2D eigenvalue weighted by molar-refractivity contribution is 0.438. The summed E-state index contributed by atoms with van der Waals surface area (Å²) in [5, 5.41) is 0. The molecule has 2 heteroatoms. The van der Waals surface area contributed by atoms with Crippen LogP contribution in [0.15, 0.2) is 12.4 Å². The largest absolute Gasteiger partial charge is 0.332 e. The van der Waals surface area contributed by atoms with E-state index in [0.29, 0.717) is 12.0 Å². The number of rotatable bonds is 20. The number of imidazole rings is 1. The molecule has 2 nitrogen and oxygen atoms in total. The number of hydrogen-bond donors (Lipinski definition) is 0. The molecular formula is C27H52N2. The lowest BCUT2D eigenvalue weighted by Crippen LogP contribution is -2.11. The average Bonchev–Trinajstić information content (AvgIpc) is 3.22. The first kappa shape index (κ1) is 26.2. The second-order valence-corrected chi connectivity index (χ2v) is 9.47. The van der Waals surface area contributed by atoms with E-state index in [4.69, 9.17) is 4.98 Å². The minimum atomic E-state index is 0.589. The minimum absolute atomic E-state index is 0.589. The van der Waals surface area contributed by atoms with Crippen LogP contribution < -0.4 is 0 Å². The van der Waals surface area contributed by atoms with Gasteiger partial charge in [0.05, 0.1) is 0 Å². The van der Waals surface area contributed by atoms with E-state index in [-0.39, 0.29) is 0 Å². The molecule has 29 heavy (non-hydrogen) atoms. The first-order valence-electron chi connectivity index (χ1n) is 13.2. The van der Waals surface area contributed by atoms with Crippen LogP contribution in [-0.4, -0.2) is 9.55 Å². The summed E-state index contributed by atoms with van der Waals surface area (Å²) in [6.45, 7) is 9.33. The second-order valence-electron chi connectivity index (χ2n) is 9.47. The van der Waals surface area contributed by atoms with Gasteiger partial charge in [0.25, 0.3) is 0 Å². The molecule has 0 aliphatic rings. The molecule has 0 fully saturated rings. The molecule has 0 radical (unpaired) electrons. The zero-order valence-electron chi connectivity index (χ0n) is 20.4. The van der Waals surface area contributed by atoms with Crippen LogP contribution in [0.3, 0.4) is 0 Å². The first-order valence-corrected chi connectivity index (χ1v) is 13.2. The van der Waals surface area contributed by atoms with Crippen LogP contribution in [0, 0.1) is 0 Å². The molecule has 0 amide bonds. The van der Waals surface area contributed by atoms with Crippen molar-refractivity contribution in [2.75, 3.05) is 0 Å². The third kappa shape index (κ3) is 12.5. The van der Waals surface area contributed by atoms with Crippen LogP contribution >= 0.6 is 0 Å². The summed E-state index contributed by atoms with van der Waals surface area (Å²) in [7, 11) is 0. The van der Waals surface area contributed by atoms with Crippen LogP contribution in [0.1, 0.15) is 161 Å². The maximum Gasteiger partial charge on any atom is 0.111 e. The molecule has 0 aromatic carbocycles. The number of aromatic nitrogens is 2. The van der Waals surface area contributed by atoms with E-state index >= 15 is 0 Å². The van der Waals surface area contributed by atoms with Gasteiger partial charge in [-0.3, -0.25) is 0 Å². The lowest BCUT2D eigenvalue weighted by atomic mass is 10.00. The Bertz CT molecular complexity index is 465. The fourth-order valence-electron chi connectivity index (χ4n) is 4.51. The molecule has 0 N–H and O–H groups in total. The lowest BCUT2D eigenvalue weighted by Gasteiger charge is -2.20. The van der Waals surface area contributed by atoms with Crippen LogP contribution in [0.2, 0.25) is 0 Å². The quantitative estimate of drug-likeness (QED) is 0.198. The van der Waals surface area contributed by atoms with E-state index in [1.165, 1.54) is 121 Å². The number of hydrogen-bond acceptors (Lipinski definition) is 1. The van der Waals surface area contributed by atoms with Gasteiger partial charge in [-0.25, -0.2) is 4.98 Å². The highest BCUT2D eigenvalue weighted by Gasteiger charge is 2.15. The molecule has 0 aliphatic carbocycles. The maximum absolute atomic E-state index is 4.72. The second kappa shape index (κ2) is 18.0. The molecule has 1 heterocycles. The van der Waals surface area contributed by atoms with Crippen molar-refractivity contribution in [3.63, 3.8) is 0 Å². The van der Waals surface area contributed by atoms with E-state index < -0.39 is 0 Å². The number of unbranched alkanes of at least 4 members (excludes halogenated alkanes) is 14. The smallest absolute Gasteiger partial charge is 0.111 e. The van der Waals surface area contributed by atoms with E-state index in [1.807, 2.05) is 6.20 Å². The summed E-state index contributed by atoms with van der Waals surface area (Å²) in [4.78, 5) is 4.72. The Labute approximate surface area is 183 Å². The van der Waals surface area contributed by atoms with Crippen molar-refractivity contribution in [3.05, 3.63) is 18.2 Å². The molecule has 2 unspecified atom stereocenters. The van der Waals surface area contributed by atoms with E-state index in [2.05, 4.69) is 38.5 Å². The van der Waals surface area contributed by atoms with Gasteiger partial charge in [-0.15, -0.1) is 0 Å². The summed E-state index contributed by atoms with van der Waals surface area (Å²) in [6.07, 6.45) is 29.3. The molecule has 0 aliphatic heterocycles. The van der Waals surface area contributed by atoms with E-state index in [9.17, 15) is 0 Å². The topological polar surface area (TPSA) is 17.8 Å². The third-order valence-electron chi connectivity index (χ3n) is 6.58. The molecular weight excluding hydrogens is 352 g/mol. The Balaban J connectivity index is 2.09. The Morgan fingerprint density at radius 1 is 0.655 bits per heavy atom. The SMILES string of the molecule is CCCCCCCCCCCCCCC(C)c1nccn1C(C)CCCCCC. The number of nitrogens with zero attached hydrogens (tertiary/aromatic N) is 2. The summed E-state index contributed by atoms with van der Waals surface area (Å²) in [5.74, 6) is 1.90. The van der Waals surface area contributed by atoms with Gasteiger partial charge in [-0.1, -0.05) is 124 Å². The molecule has 2 atom stereocenters. The van der Waals surface area contributed by atoms with Crippen molar-refractivity contribution in [1.82, 2.24) is 9.55 Å².